The first kappa shape index (κ1) is 19.9. The molecule has 0 bridgehead atoms. The Morgan fingerprint density at radius 1 is 1.13 bits per heavy atom. The van der Waals surface area contributed by atoms with Crippen LogP contribution in [-0.2, 0) is 11.2 Å². The van der Waals surface area contributed by atoms with E-state index in [1.807, 2.05) is 53.4 Å². The highest BCUT2D eigenvalue weighted by molar-refractivity contribution is 5.77. The lowest BCUT2D eigenvalue weighted by Gasteiger charge is -2.26. The van der Waals surface area contributed by atoms with E-state index < -0.39 is 0 Å². The molecule has 7 heteroatoms. The van der Waals surface area contributed by atoms with E-state index in [-0.39, 0.29) is 11.9 Å². The topological polar surface area (TPSA) is 77.7 Å². The van der Waals surface area contributed by atoms with E-state index in [2.05, 4.69) is 10.2 Å². The Morgan fingerprint density at radius 2 is 1.97 bits per heavy atom. The van der Waals surface area contributed by atoms with Gasteiger partial charge in [-0.1, -0.05) is 18.2 Å². The molecule has 1 saturated heterocycles. The maximum absolute atomic E-state index is 13.0. The zero-order chi connectivity index (χ0) is 20.9. The molecule has 2 heterocycles. The van der Waals surface area contributed by atoms with Gasteiger partial charge in [0, 0.05) is 36.6 Å². The Bertz CT molecular complexity index is 1000. The van der Waals surface area contributed by atoms with Gasteiger partial charge in [-0.05, 0) is 37.1 Å². The average molecular weight is 407 g/mol. The van der Waals surface area contributed by atoms with E-state index in [0.717, 1.165) is 42.0 Å². The number of likely N-dealkylation sites (tertiary alicyclic amines) is 1. The molecule has 0 spiro atoms. The fraction of sp³-hybridized carbons (Fsp3) is 0.348. The Morgan fingerprint density at radius 3 is 2.73 bits per heavy atom. The zero-order valence-corrected chi connectivity index (χ0v) is 17.2. The molecule has 1 amide bonds. The molecular formula is C23H25N3O4. The van der Waals surface area contributed by atoms with Crippen molar-refractivity contribution in [3.8, 4) is 23.0 Å². The van der Waals surface area contributed by atoms with Gasteiger partial charge in [0.25, 0.3) is 0 Å². The number of rotatable bonds is 7. The van der Waals surface area contributed by atoms with Gasteiger partial charge in [0.2, 0.25) is 17.7 Å². The summed E-state index contributed by atoms with van der Waals surface area (Å²) in [6, 6.07) is 15.4. The third-order valence-corrected chi connectivity index (χ3v) is 5.41. The molecule has 1 aliphatic heterocycles. The number of aromatic nitrogens is 2. The lowest BCUT2D eigenvalue weighted by atomic mass is 10.0. The van der Waals surface area contributed by atoms with Crippen molar-refractivity contribution in [3.05, 3.63) is 60.0 Å². The number of hydrogen-bond donors (Lipinski definition) is 0. The second kappa shape index (κ2) is 8.98. The number of aryl methyl sites for hydroxylation is 1. The second-order valence-electron chi connectivity index (χ2n) is 7.22. The highest BCUT2D eigenvalue weighted by atomic mass is 16.5. The van der Waals surface area contributed by atoms with Gasteiger partial charge >= 0.3 is 0 Å². The maximum Gasteiger partial charge on any atom is 0.247 e. The lowest BCUT2D eigenvalue weighted by molar-refractivity contribution is -0.132. The summed E-state index contributed by atoms with van der Waals surface area (Å²) in [5.41, 5.74) is 1.88. The maximum atomic E-state index is 13.0. The van der Waals surface area contributed by atoms with Crippen LogP contribution in [0.4, 0.5) is 0 Å². The van der Waals surface area contributed by atoms with Crippen LogP contribution in [0.15, 0.2) is 52.9 Å². The normalized spacial score (nSPS) is 15.9. The molecule has 1 aliphatic rings. The molecule has 4 rings (SSSR count). The molecule has 1 fully saturated rings. The van der Waals surface area contributed by atoms with Crippen LogP contribution in [0.2, 0.25) is 0 Å². The van der Waals surface area contributed by atoms with Gasteiger partial charge in [0.05, 0.1) is 20.3 Å². The number of benzene rings is 2. The van der Waals surface area contributed by atoms with Crippen molar-refractivity contribution >= 4 is 5.91 Å². The zero-order valence-electron chi connectivity index (χ0n) is 17.2. The summed E-state index contributed by atoms with van der Waals surface area (Å²) >= 11 is 0. The smallest absolute Gasteiger partial charge is 0.247 e. The predicted octanol–water partition coefficient (Wildman–Crippen LogP) is 4.05. The largest absolute Gasteiger partial charge is 0.497 e. The van der Waals surface area contributed by atoms with Crippen molar-refractivity contribution in [1.29, 1.82) is 0 Å². The fourth-order valence-electron chi connectivity index (χ4n) is 3.89. The van der Waals surface area contributed by atoms with E-state index >= 15 is 0 Å². The summed E-state index contributed by atoms with van der Waals surface area (Å²) in [5, 5.41) is 8.19. The molecular weight excluding hydrogens is 382 g/mol. The number of methoxy groups -OCH3 is 2. The first-order chi connectivity index (χ1) is 14.7. The van der Waals surface area contributed by atoms with Crippen molar-refractivity contribution in [2.45, 2.75) is 31.7 Å². The van der Waals surface area contributed by atoms with Gasteiger partial charge in [-0.2, -0.15) is 0 Å². The summed E-state index contributed by atoms with van der Waals surface area (Å²) in [7, 11) is 3.26. The first-order valence-electron chi connectivity index (χ1n) is 10.1. The van der Waals surface area contributed by atoms with Gasteiger partial charge in [-0.3, -0.25) is 4.79 Å². The van der Waals surface area contributed by atoms with Crippen molar-refractivity contribution in [2.75, 3.05) is 20.8 Å². The number of ether oxygens (including phenoxy) is 2. The van der Waals surface area contributed by atoms with E-state index in [9.17, 15) is 4.79 Å². The Hall–Kier alpha value is -3.35. The van der Waals surface area contributed by atoms with E-state index in [1.165, 1.54) is 0 Å². The lowest BCUT2D eigenvalue weighted by Crippen LogP contribution is -2.31. The van der Waals surface area contributed by atoms with Crippen LogP contribution < -0.4 is 9.47 Å². The molecule has 0 aliphatic carbocycles. The Kier molecular flexibility index (Phi) is 5.97. The SMILES string of the molecule is COc1ccc(C2CCCN2C(=O)CCc2nnc(-c3ccccc3)o2)c(OC)c1. The third-order valence-electron chi connectivity index (χ3n) is 5.41. The molecule has 3 aromatic rings. The molecule has 0 radical (unpaired) electrons. The van der Waals surface area contributed by atoms with Crippen LogP contribution in [0.1, 0.15) is 36.8 Å². The fourth-order valence-corrected chi connectivity index (χ4v) is 3.89. The van der Waals surface area contributed by atoms with E-state index in [4.69, 9.17) is 13.9 Å². The second-order valence-corrected chi connectivity index (χ2v) is 7.22. The monoisotopic (exact) mass is 407 g/mol. The van der Waals surface area contributed by atoms with Gasteiger partial charge in [0.1, 0.15) is 11.5 Å². The van der Waals surface area contributed by atoms with Crippen molar-refractivity contribution in [2.24, 2.45) is 0 Å². The predicted molar refractivity (Wildman–Crippen MR) is 111 cm³/mol. The minimum atomic E-state index is 0.000853. The van der Waals surface area contributed by atoms with E-state index in [0.29, 0.717) is 24.6 Å². The van der Waals surface area contributed by atoms with Crippen LogP contribution in [0.5, 0.6) is 11.5 Å². The number of amides is 1. The molecule has 7 nitrogen and oxygen atoms in total. The van der Waals surface area contributed by atoms with Crippen LogP contribution in [0, 0.1) is 0 Å². The molecule has 156 valence electrons. The van der Waals surface area contributed by atoms with Crippen molar-refractivity contribution < 1.29 is 18.7 Å². The molecule has 2 aromatic carbocycles. The molecule has 30 heavy (non-hydrogen) atoms. The summed E-state index contributed by atoms with van der Waals surface area (Å²) < 4.78 is 16.6. The molecule has 0 saturated carbocycles. The van der Waals surface area contributed by atoms with Crippen LogP contribution in [-0.4, -0.2) is 41.8 Å². The first-order valence-corrected chi connectivity index (χ1v) is 10.1. The molecule has 0 N–H and O–H groups in total. The summed E-state index contributed by atoms with van der Waals surface area (Å²) in [6.07, 6.45) is 2.62. The van der Waals surface area contributed by atoms with Crippen molar-refractivity contribution in [3.63, 3.8) is 0 Å². The van der Waals surface area contributed by atoms with Crippen LogP contribution >= 0.6 is 0 Å². The van der Waals surface area contributed by atoms with Crippen molar-refractivity contribution in [1.82, 2.24) is 15.1 Å². The minimum Gasteiger partial charge on any atom is -0.497 e. The van der Waals surface area contributed by atoms with E-state index in [1.54, 1.807) is 14.2 Å². The number of nitrogens with zero attached hydrogens (tertiary/aromatic N) is 3. The molecule has 1 atom stereocenters. The Balaban J connectivity index is 1.43. The van der Waals surface area contributed by atoms with Crippen LogP contribution in [0.25, 0.3) is 11.5 Å². The highest BCUT2D eigenvalue weighted by Crippen LogP contribution is 2.39. The summed E-state index contributed by atoms with van der Waals surface area (Å²) in [5.74, 6) is 2.50. The summed E-state index contributed by atoms with van der Waals surface area (Å²) in [6.45, 7) is 0.734. The standard InChI is InChI=1S/C23H25N3O4/c1-28-17-10-11-18(20(15-17)29-2)19-9-6-14-26(19)22(27)13-12-21-24-25-23(30-21)16-7-4-3-5-8-16/h3-5,7-8,10-11,15,19H,6,9,12-14H2,1-2H3. The van der Waals surface area contributed by atoms with Gasteiger partial charge < -0.3 is 18.8 Å². The average Bonchev–Trinajstić information content (AvgIpc) is 3.47. The Labute approximate surface area is 175 Å². The van der Waals surface area contributed by atoms with Gasteiger partial charge in [-0.25, -0.2) is 0 Å². The highest BCUT2D eigenvalue weighted by Gasteiger charge is 2.32. The number of hydrogen-bond acceptors (Lipinski definition) is 6. The molecule has 1 aromatic heterocycles. The summed E-state index contributed by atoms with van der Waals surface area (Å²) in [4.78, 5) is 14.9. The van der Waals surface area contributed by atoms with Crippen LogP contribution in [0.3, 0.4) is 0 Å². The number of carbonyl (C=O) groups excluding carboxylic acids is 1. The van der Waals surface area contributed by atoms with Gasteiger partial charge in [-0.15, -0.1) is 10.2 Å². The third kappa shape index (κ3) is 4.15. The molecule has 1 unspecified atom stereocenters. The minimum absolute atomic E-state index is 0.000853. The number of carbonyl (C=O) groups is 1. The van der Waals surface area contributed by atoms with Gasteiger partial charge in [0.15, 0.2) is 0 Å². The quantitative estimate of drug-likeness (QED) is 0.588.